The van der Waals surface area contributed by atoms with E-state index in [1.807, 2.05) is 61.5 Å². The lowest BCUT2D eigenvalue weighted by Gasteiger charge is -2.49. The molecule has 0 saturated carbocycles. The number of ether oxygens (including phenoxy) is 3. The van der Waals surface area contributed by atoms with Crippen molar-refractivity contribution in [3.8, 4) is 5.75 Å². The quantitative estimate of drug-likeness (QED) is 0.128. The highest BCUT2D eigenvalue weighted by molar-refractivity contribution is 7.97. The molecule has 0 aromatic heterocycles. The molecule has 44 heavy (non-hydrogen) atoms. The van der Waals surface area contributed by atoms with Crippen molar-refractivity contribution in [1.82, 2.24) is 0 Å². The third kappa shape index (κ3) is 7.09. The van der Waals surface area contributed by atoms with Crippen LogP contribution in [0.25, 0.3) is 0 Å². The average molecular weight is 658 g/mol. The van der Waals surface area contributed by atoms with Crippen LogP contribution in [-0.2, 0) is 36.3 Å². The molecule has 1 fully saturated rings. The Kier molecular flexibility index (Phi) is 9.83. The molecule has 0 radical (unpaired) electrons. The summed E-state index contributed by atoms with van der Waals surface area (Å²) < 4.78 is 103. The molecule has 12 heteroatoms. The molecule has 3 aromatic carbocycles. The van der Waals surface area contributed by atoms with Crippen molar-refractivity contribution < 1.29 is 44.7 Å². The normalized spacial score (nSPS) is 21.7. The molecule has 4 rings (SSSR count). The van der Waals surface area contributed by atoms with Crippen molar-refractivity contribution >= 4 is 21.0 Å². The van der Waals surface area contributed by atoms with E-state index in [2.05, 4.69) is 27.7 Å². The minimum Gasteiger partial charge on any atom is -0.493 e. The molecule has 240 valence electrons. The molecule has 6 nitrogen and oxygen atoms in total. The van der Waals surface area contributed by atoms with Crippen LogP contribution in [0.2, 0.25) is 0 Å². The van der Waals surface area contributed by atoms with Gasteiger partial charge in [-0.05, 0) is 73.5 Å². The molecule has 1 heterocycles. The number of benzene rings is 3. The van der Waals surface area contributed by atoms with Gasteiger partial charge in [-0.3, -0.25) is 4.55 Å². The van der Waals surface area contributed by atoms with Crippen molar-refractivity contribution in [2.75, 3.05) is 13.2 Å². The van der Waals surface area contributed by atoms with Crippen LogP contribution >= 0.6 is 0 Å². The van der Waals surface area contributed by atoms with Gasteiger partial charge in [-0.15, -0.1) is 0 Å². The molecule has 0 amide bonds. The van der Waals surface area contributed by atoms with Gasteiger partial charge in [0, 0.05) is 11.0 Å². The summed E-state index contributed by atoms with van der Waals surface area (Å²) in [4.78, 5) is 2.91. The zero-order valence-corrected chi connectivity index (χ0v) is 26.7. The van der Waals surface area contributed by atoms with Crippen LogP contribution in [0.5, 0.6) is 5.75 Å². The van der Waals surface area contributed by atoms with Crippen molar-refractivity contribution in [1.29, 1.82) is 0 Å². The smallest absolute Gasteiger partial charge is 0.431 e. The van der Waals surface area contributed by atoms with Gasteiger partial charge in [0.25, 0.3) is 0 Å². The summed E-state index contributed by atoms with van der Waals surface area (Å²) >= 11 is 0. The first-order chi connectivity index (χ1) is 20.4. The summed E-state index contributed by atoms with van der Waals surface area (Å²) in [7, 11) is -6.87. The van der Waals surface area contributed by atoms with E-state index in [9.17, 15) is 26.0 Å². The summed E-state index contributed by atoms with van der Waals surface area (Å²) in [6, 6.07) is 24.4. The van der Waals surface area contributed by atoms with E-state index in [0.717, 1.165) is 20.2 Å². The van der Waals surface area contributed by atoms with Crippen LogP contribution in [0.15, 0.2) is 93.5 Å². The van der Waals surface area contributed by atoms with Gasteiger partial charge in [0.1, 0.15) is 5.75 Å². The van der Waals surface area contributed by atoms with E-state index in [1.54, 1.807) is 12.1 Å². The minimum absolute atomic E-state index is 0.00559. The van der Waals surface area contributed by atoms with Gasteiger partial charge in [0.05, 0.1) is 36.6 Å². The Morgan fingerprint density at radius 1 is 0.909 bits per heavy atom. The standard InChI is InChI=1S/C32H36F4O6S2/c1-22(2)28-29(3,4)21-41-30(5,42-28)23-11-15-26(16-12-23)43(25-9-7-6-8-10-25)27-17-13-24(14-18-27)40-20-19-31(33,34)32(35,36)44(37,38)39/h6-18,22,28H,19-21H2,1-5H3/p+1. The number of hydrogen-bond donors (Lipinski definition) is 1. The summed E-state index contributed by atoms with van der Waals surface area (Å²) in [5, 5.41) is -5.63. The van der Waals surface area contributed by atoms with E-state index in [0.29, 0.717) is 12.5 Å². The van der Waals surface area contributed by atoms with E-state index in [1.165, 1.54) is 12.1 Å². The predicted octanol–water partition coefficient (Wildman–Crippen LogP) is 7.94. The van der Waals surface area contributed by atoms with Gasteiger partial charge in [0.2, 0.25) is 0 Å². The highest BCUT2D eigenvalue weighted by Gasteiger charge is 2.65. The second kappa shape index (κ2) is 12.6. The summed E-state index contributed by atoms with van der Waals surface area (Å²) in [5.41, 5.74) is 0.758. The fourth-order valence-corrected chi connectivity index (χ4v) is 7.74. The molecule has 1 aliphatic rings. The Hall–Kier alpha value is -2.64. The Labute approximate surface area is 258 Å². The third-order valence-electron chi connectivity index (χ3n) is 7.53. The van der Waals surface area contributed by atoms with E-state index in [-0.39, 0.29) is 17.3 Å². The van der Waals surface area contributed by atoms with Gasteiger partial charge in [-0.2, -0.15) is 26.0 Å². The Morgan fingerprint density at radius 2 is 1.43 bits per heavy atom. The molecule has 1 N–H and O–H groups in total. The van der Waals surface area contributed by atoms with Gasteiger partial charge < -0.3 is 14.2 Å². The molecule has 0 aliphatic carbocycles. The molecule has 3 atom stereocenters. The lowest BCUT2D eigenvalue weighted by Crippen LogP contribution is -2.52. The second-order valence-electron chi connectivity index (χ2n) is 11.9. The lowest BCUT2D eigenvalue weighted by molar-refractivity contribution is -0.337. The summed E-state index contributed by atoms with van der Waals surface area (Å²) in [6.45, 7) is 10.1. The monoisotopic (exact) mass is 657 g/mol. The van der Waals surface area contributed by atoms with Crippen LogP contribution in [0, 0.1) is 11.3 Å². The maximum Gasteiger partial charge on any atom is 0.431 e. The van der Waals surface area contributed by atoms with Gasteiger partial charge in [-0.25, -0.2) is 0 Å². The van der Waals surface area contributed by atoms with Crippen LogP contribution < -0.4 is 4.74 Å². The Bertz CT molecular complexity index is 1510. The topological polar surface area (TPSA) is 82.1 Å². The van der Waals surface area contributed by atoms with Crippen molar-refractivity contribution in [3.05, 3.63) is 84.4 Å². The van der Waals surface area contributed by atoms with Crippen LogP contribution in [0.4, 0.5) is 17.6 Å². The van der Waals surface area contributed by atoms with E-state index in [4.69, 9.17) is 18.8 Å². The second-order valence-corrected chi connectivity index (χ2v) is 15.4. The fraction of sp³-hybridized carbons (Fsp3) is 0.438. The molecular weight excluding hydrogens is 620 g/mol. The van der Waals surface area contributed by atoms with E-state index >= 15 is 0 Å². The van der Waals surface area contributed by atoms with Gasteiger partial charge in [-0.1, -0.05) is 45.9 Å². The minimum atomic E-state index is -6.30. The molecule has 1 saturated heterocycles. The molecule has 0 spiro atoms. The van der Waals surface area contributed by atoms with E-state index < -0.39 is 51.0 Å². The zero-order chi connectivity index (χ0) is 32.6. The molecular formula is C32H37F4O6S2+. The van der Waals surface area contributed by atoms with Crippen molar-refractivity contribution in [2.24, 2.45) is 11.3 Å². The fourth-order valence-electron chi connectivity index (χ4n) is 5.19. The van der Waals surface area contributed by atoms with Crippen LogP contribution in [0.1, 0.15) is 46.6 Å². The highest BCUT2D eigenvalue weighted by atomic mass is 32.2. The van der Waals surface area contributed by atoms with Gasteiger partial charge >= 0.3 is 21.3 Å². The Morgan fingerprint density at radius 3 is 1.95 bits per heavy atom. The molecule has 3 aromatic rings. The lowest BCUT2D eigenvalue weighted by atomic mass is 9.80. The average Bonchev–Trinajstić information content (AvgIpc) is 2.95. The van der Waals surface area contributed by atoms with Crippen molar-refractivity contribution in [2.45, 2.75) is 78.8 Å². The highest BCUT2D eigenvalue weighted by Crippen LogP contribution is 2.44. The van der Waals surface area contributed by atoms with Crippen molar-refractivity contribution in [3.63, 3.8) is 0 Å². The third-order valence-corrected chi connectivity index (χ3v) is 10.7. The first-order valence-corrected chi connectivity index (χ1v) is 16.7. The SMILES string of the molecule is CC(C)C1OC(C)(c2ccc([S+](c3ccccc3)c3ccc(OCCC(F)(F)C(F)(F)S(=O)(=O)O)cc3)cc2)OCC1(C)C. The number of rotatable bonds is 11. The first kappa shape index (κ1) is 34.2. The largest absolute Gasteiger partial charge is 0.493 e. The predicted molar refractivity (Wildman–Crippen MR) is 160 cm³/mol. The number of halogens is 4. The van der Waals surface area contributed by atoms with Crippen LogP contribution in [-0.4, -0.2) is 43.5 Å². The first-order valence-electron chi connectivity index (χ1n) is 14.1. The Balaban J connectivity index is 1.54. The zero-order valence-electron chi connectivity index (χ0n) is 25.1. The molecule has 3 unspecified atom stereocenters. The molecule has 0 bridgehead atoms. The maximum absolute atomic E-state index is 13.8. The maximum atomic E-state index is 13.8. The van der Waals surface area contributed by atoms with Crippen LogP contribution in [0.3, 0.4) is 0 Å². The summed E-state index contributed by atoms with van der Waals surface area (Å²) in [5.74, 6) is -5.50. The summed E-state index contributed by atoms with van der Waals surface area (Å²) in [6.07, 6.45) is -1.62. The molecule has 1 aliphatic heterocycles. The number of hydrogen-bond acceptors (Lipinski definition) is 5. The number of alkyl halides is 4. The van der Waals surface area contributed by atoms with Gasteiger partial charge in [0.15, 0.2) is 20.5 Å².